The normalized spacial score (nSPS) is 15.9. The first kappa shape index (κ1) is 13.0. The molecule has 0 unspecified atom stereocenters. The number of anilines is 2. The summed E-state index contributed by atoms with van der Waals surface area (Å²) in [5.41, 5.74) is 3.57. The third-order valence-corrected chi connectivity index (χ3v) is 3.31. The maximum Gasteiger partial charge on any atom is 0.148 e. The third-order valence-electron chi connectivity index (χ3n) is 3.31. The fourth-order valence-electron chi connectivity index (χ4n) is 2.28. The van der Waals surface area contributed by atoms with Crippen LogP contribution < -0.4 is 16.6 Å². The Hall–Kier alpha value is -1.40. The minimum Gasteiger partial charge on any atom is -0.368 e. The molecule has 6 heteroatoms. The van der Waals surface area contributed by atoms with E-state index < -0.39 is 0 Å². The molecule has 0 saturated carbocycles. The summed E-state index contributed by atoms with van der Waals surface area (Å²) >= 11 is 0. The maximum absolute atomic E-state index is 5.44. The number of nitrogens with zero attached hydrogens (tertiary/aromatic N) is 3. The van der Waals surface area contributed by atoms with E-state index in [0.717, 1.165) is 30.3 Å². The Labute approximate surface area is 108 Å². The topological polar surface area (TPSA) is 79.1 Å². The van der Waals surface area contributed by atoms with Crippen molar-refractivity contribution in [2.45, 2.75) is 26.7 Å². The van der Waals surface area contributed by atoms with Crippen molar-refractivity contribution in [3.05, 3.63) is 11.4 Å². The maximum atomic E-state index is 5.44. The highest BCUT2D eigenvalue weighted by molar-refractivity contribution is 5.56. The van der Waals surface area contributed by atoms with Crippen LogP contribution in [0.4, 0.5) is 11.6 Å². The number of nitrogens with two attached hydrogens (primary N) is 1. The summed E-state index contributed by atoms with van der Waals surface area (Å²) in [6.07, 6.45) is 2.65. The van der Waals surface area contributed by atoms with Crippen molar-refractivity contribution in [2.24, 2.45) is 5.84 Å². The Morgan fingerprint density at radius 1 is 1.17 bits per heavy atom. The number of hydrazine groups is 1. The number of aryl methyl sites for hydroxylation is 1. The number of aromatic nitrogens is 2. The van der Waals surface area contributed by atoms with Crippen molar-refractivity contribution < 1.29 is 0 Å². The predicted molar refractivity (Wildman–Crippen MR) is 73.5 cm³/mol. The molecule has 1 aromatic heterocycles. The van der Waals surface area contributed by atoms with Crippen molar-refractivity contribution >= 4 is 11.6 Å². The summed E-state index contributed by atoms with van der Waals surface area (Å²) < 4.78 is 0. The van der Waals surface area contributed by atoms with Gasteiger partial charge in [-0.3, -0.25) is 0 Å². The molecule has 1 aliphatic rings. The van der Waals surface area contributed by atoms with Crippen LogP contribution in [0.5, 0.6) is 0 Å². The summed E-state index contributed by atoms with van der Waals surface area (Å²) in [5.74, 6) is 7.72. The van der Waals surface area contributed by atoms with Gasteiger partial charge in [-0.25, -0.2) is 15.8 Å². The van der Waals surface area contributed by atoms with Crippen molar-refractivity contribution in [1.29, 1.82) is 0 Å². The zero-order chi connectivity index (χ0) is 13.0. The summed E-state index contributed by atoms with van der Waals surface area (Å²) in [4.78, 5) is 11.1. The van der Waals surface area contributed by atoms with Crippen LogP contribution in [0.2, 0.25) is 0 Å². The smallest absolute Gasteiger partial charge is 0.148 e. The van der Waals surface area contributed by atoms with Crippen LogP contribution in [0.25, 0.3) is 0 Å². The molecule has 2 rings (SSSR count). The fourth-order valence-corrected chi connectivity index (χ4v) is 2.28. The molecule has 100 valence electrons. The van der Waals surface area contributed by atoms with Gasteiger partial charge in [0.05, 0.1) is 0 Å². The molecule has 6 nitrogen and oxygen atoms in total. The van der Waals surface area contributed by atoms with Gasteiger partial charge in [0.15, 0.2) is 0 Å². The highest BCUT2D eigenvalue weighted by Crippen LogP contribution is 2.18. The van der Waals surface area contributed by atoms with Crippen molar-refractivity contribution in [1.82, 2.24) is 14.9 Å². The summed E-state index contributed by atoms with van der Waals surface area (Å²) in [5, 5.41) is 3.37. The van der Waals surface area contributed by atoms with E-state index >= 15 is 0 Å². The first-order valence-electron chi connectivity index (χ1n) is 6.49. The van der Waals surface area contributed by atoms with Crippen molar-refractivity contribution in [2.75, 3.05) is 36.9 Å². The van der Waals surface area contributed by atoms with E-state index in [0.29, 0.717) is 5.82 Å². The number of hydrogen-bond donors (Lipinski definition) is 3. The van der Waals surface area contributed by atoms with Crippen LogP contribution >= 0.6 is 0 Å². The molecule has 1 saturated heterocycles. The number of hydrogen-bond acceptors (Lipinski definition) is 6. The molecule has 1 aliphatic heterocycles. The van der Waals surface area contributed by atoms with E-state index in [-0.39, 0.29) is 0 Å². The first-order chi connectivity index (χ1) is 8.70. The van der Waals surface area contributed by atoms with Crippen LogP contribution in [0.15, 0.2) is 0 Å². The minimum absolute atomic E-state index is 0.686. The largest absolute Gasteiger partial charge is 0.368 e. The van der Waals surface area contributed by atoms with Crippen LogP contribution in [0, 0.1) is 13.8 Å². The summed E-state index contributed by atoms with van der Waals surface area (Å²) in [6, 6.07) is 0. The third kappa shape index (κ3) is 3.08. The van der Waals surface area contributed by atoms with Gasteiger partial charge in [0.25, 0.3) is 0 Å². The molecule has 0 amide bonds. The number of nitrogen functional groups attached to an aromatic ring is 1. The molecule has 1 fully saturated rings. The van der Waals surface area contributed by atoms with E-state index in [1.54, 1.807) is 0 Å². The summed E-state index contributed by atoms with van der Waals surface area (Å²) in [7, 11) is 0. The molecule has 2 heterocycles. The lowest BCUT2D eigenvalue weighted by Gasteiger charge is -2.16. The van der Waals surface area contributed by atoms with Crippen LogP contribution in [-0.2, 0) is 0 Å². The molecule has 0 aliphatic carbocycles. The van der Waals surface area contributed by atoms with Gasteiger partial charge in [-0.15, -0.1) is 0 Å². The number of likely N-dealkylation sites (tertiary alicyclic amines) is 1. The van der Waals surface area contributed by atoms with Crippen molar-refractivity contribution in [3.8, 4) is 0 Å². The van der Waals surface area contributed by atoms with Crippen LogP contribution in [0.3, 0.4) is 0 Å². The zero-order valence-corrected chi connectivity index (χ0v) is 11.2. The Morgan fingerprint density at radius 3 is 2.50 bits per heavy atom. The molecule has 0 bridgehead atoms. The SMILES string of the molecule is Cc1nc(NN)c(C)c(NCCN2CCCC2)n1. The molecule has 18 heavy (non-hydrogen) atoms. The van der Waals surface area contributed by atoms with Gasteiger partial charge < -0.3 is 15.6 Å². The highest BCUT2D eigenvalue weighted by Gasteiger charge is 2.12. The predicted octanol–water partition coefficient (Wildman–Crippen LogP) is 0.887. The van der Waals surface area contributed by atoms with E-state index in [9.17, 15) is 0 Å². The second-order valence-electron chi connectivity index (χ2n) is 4.71. The molecular formula is C12H22N6. The van der Waals surface area contributed by atoms with E-state index in [1.165, 1.54) is 25.9 Å². The van der Waals surface area contributed by atoms with E-state index in [1.807, 2.05) is 13.8 Å². The van der Waals surface area contributed by atoms with Crippen LogP contribution in [0.1, 0.15) is 24.2 Å². The Bertz CT molecular complexity index is 400. The quantitative estimate of drug-likeness (QED) is 0.532. The number of rotatable bonds is 5. The average molecular weight is 250 g/mol. The van der Waals surface area contributed by atoms with Gasteiger partial charge in [0.1, 0.15) is 17.5 Å². The van der Waals surface area contributed by atoms with Gasteiger partial charge in [0.2, 0.25) is 0 Å². The lowest BCUT2D eigenvalue weighted by atomic mass is 10.3. The second kappa shape index (κ2) is 5.97. The minimum atomic E-state index is 0.686. The standard InChI is InChI=1S/C12H22N6/c1-9-11(15-10(2)16-12(9)17-13)14-5-8-18-6-3-4-7-18/h3-8,13H2,1-2H3,(H2,14,15,16,17). The molecule has 1 aromatic rings. The number of nitrogens with one attached hydrogen (secondary N) is 2. The zero-order valence-electron chi connectivity index (χ0n) is 11.2. The summed E-state index contributed by atoms with van der Waals surface area (Å²) in [6.45, 7) is 8.24. The van der Waals surface area contributed by atoms with Gasteiger partial charge in [-0.2, -0.15) is 0 Å². The van der Waals surface area contributed by atoms with Gasteiger partial charge in [0, 0.05) is 18.7 Å². The fraction of sp³-hybridized carbons (Fsp3) is 0.667. The van der Waals surface area contributed by atoms with E-state index in [2.05, 4.69) is 25.6 Å². The van der Waals surface area contributed by atoms with Crippen LogP contribution in [-0.4, -0.2) is 41.0 Å². The van der Waals surface area contributed by atoms with Gasteiger partial charge >= 0.3 is 0 Å². The lowest BCUT2D eigenvalue weighted by molar-refractivity contribution is 0.352. The van der Waals surface area contributed by atoms with E-state index in [4.69, 9.17) is 5.84 Å². The monoisotopic (exact) mass is 250 g/mol. The Balaban J connectivity index is 1.93. The lowest BCUT2D eigenvalue weighted by Crippen LogP contribution is -2.26. The van der Waals surface area contributed by atoms with Gasteiger partial charge in [-0.1, -0.05) is 0 Å². The Kier molecular flexibility index (Phi) is 4.33. The average Bonchev–Trinajstić information content (AvgIpc) is 2.86. The molecule has 0 spiro atoms. The van der Waals surface area contributed by atoms with Gasteiger partial charge in [-0.05, 0) is 39.8 Å². The second-order valence-corrected chi connectivity index (χ2v) is 4.71. The first-order valence-corrected chi connectivity index (χ1v) is 6.49. The molecule has 4 N–H and O–H groups in total. The Morgan fingerprint density at radius 2 is 1.83 bits per heavy atom. The molecule has 0 aromatic carbocycles. The molecular weight excluding hydrogens is 228 g/mol. The highest BCUT2D eigenvalue weighted by atomic mass is 15.3. The molecule has 0 radical (unpaired) electrons. The molecule has 0 atom stereocenters. The van der Waals surface area contributed by atoms with Crippen molar-refractivity contribution in [3.63, 3.8) is 0 Å².